The van der Waals surface area contributed by atoms with Gasteiger partial charge in [-0.3, -0.25) is 9.79 Å². The molecule has 1 unspecified atom stereocenters. The molecule has 0 fully saturated rings. The second kappa shape index (κ2) is 4.92. The molecule has 3 heteroatoms. The van der Waals surface area contributed by atoms with E-state index in [0.717, 1.165) is 25.1 Å². The lowest BCUT2D eigenvalue weighted by molar-refractivity contribution is -0.120. The van der Waals surface area contributed by atoms with Crippen LogP contribution in [0.1, 0.15) is 25.3 Å². The van der Waals surface area contributed by atoms with Crippen molar-refractivity contribution in [3.63, 3.8) is 0 Å². The Hall–Kier alpha value is -1.64. The van der Waals surface area contributed by atoms with Crippen molar-refractivity contribution in [2.24, 2.45) is 4.99 Å². The molecule has 0 spiro atoms. The van der Waals surface area contributed by atoms with E-state index in [9.17, 15) is 4.79 Å². The molecular formula is C13H16N2O. The largest absolute Gasteiger partial charge is 0.313 e. The summed E-state index contributed by atoms with van der Waals surface area (Å²) in [5, 5.41) is 2.84. The Morgan fingerprint density at radius 1 is 1.25 bits per heavy atom. The van der Waals surface area contributed by atoms with E-state index in [1.165, 1.54) is 5.56 Å². The number of benzene rings is 1. The summed E-state index contributed by atoms with van der Waals surface area (Å²) in [5.74, 6) is 0.881. The summed E-state index contributed by atoms with van der Waals surface area (Å²) in [6.07, 6.45) is 2.52. The zero-order chi connectivity index (χ0) is 11.4. The van der Waals surface area contributed by atoms with Crippen molar-refractivity contribution >= 4 is 11.7 Å². The number of rotatable bonds is 4. The molecular weight excluding hydrogens is 200 g/mol. The summed E-state index contributed by atoms with van der Waals surface area (Å²) in [6, 6.07) is 10.1. The van der Waals surface area contributed by atoms with Crippen LogP contribution in [0.3, 0.4) is 0 Å². The van der Waals surface area contributed by atoms with Crippen LogP contribution in [0.15, 0.2) is 35.3 Å². The van der Waals surface area contributed by atoms with E-state index in [1.807, 2.05) is 25.1 Å². The van der Waals surface area contributed by atoms with E-state index in [-0.39, 0.29) is 11.9 Å². The van der Waals surface area contributed by atoms with E-state index < -0.39 is 0 Å². The molecule has 0 saturated heterocycles. The Morgan fingerprint density at radius 3 is 2.62 bits per heavy atom. The summed E-state index contributed by atoms with van der Waals surface area (Å²) < 4.78 is 0. The number of carbonyl (C=O) groups excluding carboxylic acids is 1. The zero-order valence-corrected chi connectivity index (χ0v) is 9.44. The number of amidine groups is 1. The maximum Gasteiger partial charge on any atom is 0.250 e. The third kappa shape index (κ3) is 2.48. The maximum absolute atomic E-state index is 11.4. The van der Waals surface area contributed by atoms with Crippen molar-refractivity contribution in [1.82, 2.24) is 5.32 Å². The number of nitrogens with zero attached hydrogens (tertiary/aromatic N) is 1. The molecule has 1 aliphatic rings. The van der Waals surface area contributed by atoms with E-state index in [4.69, 9.17) is 0 Å². The Kier molecular flexibility index (Phi) is 3.34. The van der Waals surface area contributed by atoms with Gasteiger partial charge in [0.25, 0.3) is 0 Å². The van der Waals surface area contributed by atoms with Gasteiger partial charge in [0.2, 0.25) is 5.91 Å². The van der Waals surface area contributed by atoms with E-state index in [1.54, 1.807) is 0 Å². The Labute approximate surface area is 95.6 Å². The normalized spacial score (nSPS) is 19.4. The molecule has 1 heterocycles. The summed E-state index contributed by atoms with van der Waals surface area (Å²) >= 11 is 0. The first-order valence-corrected chi connectivity index (χ1v) is 5.71. The quantitative estimate of drug-likeness (QED) is 0.821. The van der Waals surface area contributed by atoms with Crippen LogP contribution in [0.2, 0.25) is 0 Å². The topological polar surface area (TPSA) is 41.5 Å². The monoisotopic (exact) mass is 216 g/mol. The summed E-state index contributed by atoms with van der Waals surface area (Å²) in [4.78, 5) is 15.8. The molecule has 1 aliphatic heterocycles. The Balaban J connectivity index is 1.90. The van der Waals surface area contributed by atoms with Gasteiger partial charge in [-0.15, -0.1) is 0 Å². The minimum Gasteiger partial charge on any atom is -0.313 e. The number of carbonyl (C=O) groups is 1. The van der Waals surface area contributed by atoms with Gasteiger partial charge in [-0.25, -0.2) is 0 Å². The van der Waals surface area contributed by atoms with Crippen LogP contribution in [0, 0.1) is 0 Å². The van der Waals surface area contributed by atoms with E-state index in [2.05, 4.69) is 22.4 Å². The second-order valence-electron chi connectivity index (χ2n) is 3.97. The molecule has 0 aromatic heterocycles. The molecule has 0 aliphatic carbocycles. The molecule has 0 saturated carbocycles. The van der Waals surface area contributed by atoms with Gasteiger partial charge in [-0.05, 0) is 18.4 Å². The molecule has 1 amide bonds. The van der Waals surface area contributed by atoms with Gasteiger partial charge in [0.1, 0.15) is 11.9 Å². The van der Waals surface area contributed by atoms with Crippen molar-refractivity contribution in [3.05, 3.63) is 35.9 Å². The first-order chi connectivity index (χ1) is 7.79. The molecule has 16 heavy (non-hydrogen) atoms. The third-order valence-corrected chi connectivity index (χ3v) is 2.76. The standard InChI is InChI=1S/C13H16N2O/c1-2-11-13(16)15-12(14-11)9-8-10-6-4-3-5-7-10/h3-7,11H,2,8-9H2,1H3,(H,14,15,16). The van der Waals surface area contributed by atoms with Crippen molar-refractivity contribution in [1.29, 1.82) is 0 Å². The third-order valence-electron chi connectivity index (χ3n) is 2.76. The van der Waals surface area contributed by atoms with Gasteiger partial charge in [-0.1, -0.05) is 37.3 Å². The predicted molar refractivity (Wildman–Crippen MR) is 64.4 cm³/mol. The number of amides is 1. The van der Waals surface area contributed by atoms with Crippen LogP contribution in [0.25, 0.3) is 0 Å². The van der Waals surface area contributed by atoms with Crippen molar-refractivity contribution in [2.45, 2.75) is 32.2 Å². The molecule has 1 atom stereocenters. The highest BCUT2D eigenvalue weighted by Crippen LogP contribution is 2.09. The number of hydrogen-bond donors (Lipinski definition) is 1. The minimum atomic E-state index is -0.161. The summed E-state index contributed by atoms with van der Waals surface area (Å²) in [7, 11) is 0. The number of hydrogen-bond acceptors (Lipinski definition) is 2. The van der Waals surface area contributed by atoms with Crippen molar-refractivity contribution in [3.8, 4) is 0 Å². The highest BCUT2D eigenvalue weighted by Gasteiger charge is 2.23. The van der Waals surface area contributed by atoms with Crippen LogP contribution in [-0.4, -0.2) is 17.8 Å². The van der Waals surface area contributed by atoms with Gasteiger partial charge >= 0.3 is 0 Å². The zero-order valence-electron chi connectivity index (χ0n) is 9.44. The van der Waals surface area contributed by atoms with Gasteiger partial charge < -0.3 is 5.32 Å². The van der Waals surface area contributed by atoms with Crippen LogP contribution in [0.4, 0.5) is 0 Å². The van der Waals surface area contributed by atoms with Crippen LogP contribution < -0.4 is 5.32 Å². The number of nitrogens with one attached hydrogen (secondary N) is 1. The molecule has 3 nitrogen and oxygen atoms in total. The van der Waals surface area contributed by atoms with Crippen LogP contribution in [0.5, 0.6) is 0 Å². The van der Waals surface area contributed by atoms with Gasteiger partial charge in [0.15, 0.2) is 0 Å². The molecule has 0 radical (unpaired) electrons. The van der Waals surface area contributed by atoms with Crippen molar-refractivity contribution in [2.75, 3.05) is 0 Å². The Bertz CT molecular complexity index is 398. The lowest BCUT2D eigenvalue weighted by atomic mass is 10.1. The lowest BCUT2D eigenvalue weighted by Gasteiger charge is -2.01. The van der Waals surface area contributed by atoms with Crippen LogP contribution in [-0.2, 0) is 11.2 Å². The van der Waals surface area contributed by atoms with Gasteiger partial charge in [0, 0.05) is 6.42 Å². The average Bonchev–Trinajstić information content (AvgIpc) is 2.69. The van der Waals surface area contributed by atoms with Gasteiger partial charge in [0.05, 0.1) is 0 Å². The molecule has 1 aromatic rings. The molecule has 2 rings (SSSR count). The molecule has 0 bridgehead atoms. The van der Waals surface area contributed by atoms with E-state index in [0.29, 0.717) is 0 Å². The first kappa shape index (κ1) is 10.9. The fourth-order valence-electron chi connectivity index (χ4n) is 1.82. The highest BCUT2D eigenvalue weighted by atomic mass is 16.2. The Morgan fingerprint density at radius 2 is 2.00 bits per heavy atom. The number of aryl methyl sites for hydroxylation is 1. The lowest BCUT2D eigenvalue weighted by Crippen LogP contribution is -2.28. The van der Waals surface area contributed by atoms with Crippen molar-refractivity contribution < 1.29 is 4.79 Å². The maximum atomic E-state index is 11.4. The van der Waals surface area contributed by atoms with Gasteiger partial charge in [-0.2, -0.15) is 0 Å². The van der Waals surface area contributed by atoms with E-state index >= 15 is 0 Å². The fourth-order valence-corrected chi connectivity index (χ4v) is 1.82. The summed E-state index contributed by atoms with van der Waals surface area (Å²) in [5.41, 5.74) is 1.28. The minimum absolute atomic E-state index is 0.0468. The summed E-state index contributed by atoms with van der Waals surface area (Å²) in [6.45, 7) is 1.98. The smallest absolute Gasteiger partial charge is 0.250 e. The number of aliphatic imine (C=N–C) groups is 1. The molecule has 84 valence electrons. The average molecular weight is 216 g/mol. The molecule has 1 N–H and O–H groups in total. The van der Waals surface area contributed by atoms with Crippen LogP contribution >= 0.6 is 0 Å². The predicted octanol–water partition coefficient (Wildman–Crippen LogP) is 1.93. The SMILES string of the molecule is CCC1N=C(CCc2ccccc2)NC1=O. The molecule has 1 aromatic carbocycles. The highest BCUT2D eigenvalue weighted by molar-refractivity contribution is 6.05. The fraction of sp³-hybridized carbons (Fsp3) is 0.385. The second-order valence-corrected chi connectivity index (χ2v) is 3.97. The first-order valence-electron chi connectivity index (χ1n) is 5.71.